The van der Waals surface area contributed by atoms with Crippen molar-refractivity contribution in [2.75, 3.05) is 33.5 Å². The van der Waals surface area contributed by atoms with Crippen molar-refractivity contribution < 1.29 is 23.7 Å². The Labute approximate surface area is 162 Å². The Morgan fingerprint density at radius 1 is 0.963 bits per heavy atom. The van der Waals surface area contributed by atoms with Crippen molar-refractivity contribution >= 4 is 17.5 Å². The fraction of sp³-hybridized carbons (Fsp3) is 0.350. The van der Waals surface area contributed by atoms with Crippen LogP contribution < -0.4 is 18.9 Å². The van der Waals surface area contributed by atoms with Crippen LogP contribution in [-0.2, 0) is 6.54 Å². The van der Waals surface area contributed by atoms with Gasteiger partial charge in [0.15, 0.2) is 23.0 Å². The molecular weight excluding hydrogens is 370 g/mol. The van der Waals surface area contributed by atoms with Crippen molar-refractivity contribution in [1.29, 1.82) is 0 Å². The van der Waals surface area contributed by atoms with Gasteiger partial charge in [-0.25, -0.2) is 0 Å². The van der Waals surface area contributed by atoms with Crippen LogP contribution in [-0.4, -0.2) is 44.3 Å². The number of carbonyl (C=O) groups excluding carboxylic acids is 1. The highest BCUT2D eigenvalue weighted by Crippen LogP contribution is 2.38. The molecule has 7 heteroatoms. The normalized spacial score (nSPS) is 15.0. The molecule has 6 nitrogen and oxygen atoms in total. The standard InChI is InChI=1S/C20H20ClNO5/c1-22(12-13-3-4-16-17(9-13)26-8-7-25-16)20(23)14-10-15(21)19-18(11-14)24-5-2-6-27-19/h3-4,9-11H,2,5-8,12H2,1H3. The van der Waals surface area contributed by atoms with Gasteiger partial charge in [-0.1, -0.05) is 17.7 Å². The van der Waals surface area contributed by atoms with Crippen molar-refractivity contribution in [3.05, 3.63) is 46.5 Å². The summed E-state index contributed by atoms with van der Waals surface area (Å²) < 4.78 is 22.4. The average Bonchev–Trinajstić information content (AvgIpc) is 2.93. The molecular formula is C20H20ClNO5. The van der Waals surface area contributed by atoms with E-state index in [2.05, 4.69) is 0 Å². The first-order chi connectivity index (χ1) is 13.1. The molecule has 4 rings (SSSR count). The monoisotopic (exact) mass is 389 g/mol. The Morgan fingerprint density at radius 2 is 1.70 bits per heavy atom. The summed E-state index contributed by atoms with van der Waals surface area (Å²) in [5.74, 6) is 2.30. The Morgan fingerprint density at radius 3 is 2.56 bits per heavy atom. The highest BCUT2D eigenvalue weighted by Gasteiger charge is 2.21. The highest BCUT2D eigenvalue weighted by atomic mass is 35.5. The molecule has 142 valence electrons. The zero-order chi connectivity index (χ0) is 18.8. The van der Waals surface area contributed by atoms with E-state index in [1.807, 2.05) is 18.2 Å². The van der Waals surface area contributed by atoms with E-state index in [0.717, 1.165) is 17.7 Å². The van der Waals surface area contributed by atoms with E-state index < -0.39 is 0 Å². The molecule has 0 atom stereocenters. The van der Waals surface area contributed by atoms with E-state index in [1.165, 1.54) is 0 Å². The molecule has 0 aromatic heterocycles. The zero-order valence-electron chi connectivity index (χ0n) is 15.0. The van der Waals surface area contributed by atoms with Gasteiger partial charge in [-0.05, 0) is 29.8 Å². The number of hydrogen-bond acceptors (Lipinski definition) is 5. The molecule has 2 aliphatic rings. The van der Waals surface area contributed by atoms with Gasteiger partial charge in [0.2, 0.25) is 0 Å². The molecule has 0 bridgehead atoms. The molecule has 2 aromatic carbocycles. The summed E-state index contributed by atoms with van der Waals surface area (Å²) >= 11 is 6.30. The predicted molar refractivity (Wildman–Crippen MR) is 100 cm³/mol. The summed E-state index contributed by atoms with van der Waals surface area (Å²) in [7, 11) is 1.75. The largest absolute Gasteiger partial charge is 0.489 e. The Hall–Kier alpha value is -2.60. The predicted octanol–water partition coefficient (Wildman–Crippen LogP) is 3.54. The Balaban J connectivity index is 1.52. The van der Waals surface area contributed by atoms with E-state index in [1.54, 1.807) is 24.1 Å². The van der Waals surface area contributed by atoms with Gasteiger partial charge >= 0.3 is 0 Å². The maximum atomic E-state index is 12.9. The van der Waals surface area contributed by atoms with Crippen molar-refractivity contribution in [3.63, 3.8) is 0 Å². The first-order valence-electron chi connectivity index (χ1n) is 8.85. The first-order valence-corrected chi connectivity index (χ1v) is 9.23. The molecule has 0 spiro atoms. The SMILES string of the molecule is CN(Cc1ccc2c(c1)OCCO2)C(=O)c1cc(Cl)c2c(c1)OCCCO2. The van der Waals surface area contributed by atoms with Gasteiger partial charge in [-0.3, -0.25) is 4.79 Å². The topological polar surface area (TPSA) is 57.2 Å². The van der Waals surface area contributed by atoms with Gasteiger partial charge in [0.1, 0.15) is 13.2 Å². The molecule has 1 amide bonds. The Kier molecular flexibility index (Phi) is 4.99. The van der Waals surface area contributed by atoms with Crippen LogP contribution in [0.4, 0.5) is 0 Å². The van der Waals surface area contributed by atoms with Gasteiger partial charge in [0, 0.05) is 25.6 Å². The molecule has 0 N–H and O–H groups in total. The van der Waals surface area contributed by atoms with E-state index >= 15 is 0 Å². The van der Waals surface area contributed by atoms with Crippen molar-refractivity contribution in [3.8, 4) is 23.0 Å². The minimum absolute atomic E-state index is 0.151. The minimum atomic E-state index is -0.151. The smallest absolute Gasteiger partial charge is 0.254 e. The van der Waals surface area contributed by atoms with Gasteiger partial charge in [-0.15, -0.1) is 0 Å². The van der Waals surface area contributed by atoms with Crippen molar-refractivity contribution in [1.82, 2.24) is 4.90 Å². The molecule has 0 unspecified atom stereocenters. The van der Waals surface area contributed by atoms with Crippen LogP contribution >= 0.6 is 11.6 Å². The molecule has 2 aromatic rings. The maximum absolute atomic E-state index is 12.9. The molecule has 27 heavy (non-hydrogen) atoms. The summed E-state index contributed by atoms with van der Waals surface area (Å²) in [6, 6.07) is 9.01. The van der Waals surface area contributed by atoms with Gasteiger partial charge < -0.3 is 23.8 Å². The quantitative estimate of drug-likeness (QED) is 0.803. The number of nitrogens with zero attached hydrogens (tertiary/aromatic N) is 1. The van der Waals surface area contributed by atoms with Crippen LogP contribution in [0.25, 0.3) is 0 Å². The molecule has 0 radical (unpaired) electrons. The lowest BCUT2D eigenvalue weighted by molar-refractivity contribution is 0.0784. The van der Waals surface area contributed by atoms with Gasteiger partial charge in [0.25, 0.3) is 5.91 Å². The van der Waals surface area contributed by atoms with E-state index in [0.29, 0.717) is 60.8 Å². The third kappa shape index (κ3) is 3.76. The number of amides is 1. The van der Waals surface area contributed by atoms with Crippen LogP contribution in [0, 0.1) is 0 Å². The van der Waals surface area contributed by atoms with Gasteiger partial charge in [-0.2, -0.15) is 0 Å². The summed E-state index contributed by atoms with van der Waals surface area (Å²) in [5, 5.41) is 0.380. The molecule has 2 heterocycles. The van der Waals surface area contributed by atoms with Crippen LogP contribution in [0.5, 0.6) is 23.0 Å². The molecule has 0 aliphatic carbocycles. The second-order valence-corrected chi connectivity index (χ2v) is 6.88. The van der Waals surface area contributed by atoms with Crippen LogP contribution in [0.2, 0.25) is 5.02 Å². The van der Waals surface area contributed by atoms with Crippen LogP contribution in [0.15, 0.2) is 30.3 Å². The number of hydrogen-bond donors (Lipinski definition) is 0. The molecule has 2 aliphatic heterocycles. The molecule has 0 fully saturated rings. The summed E-state index contributed by atoms with van der Waals surface area (Å²) in [6.45, 7) is 2.59. The summed E-state index contributed by atoms with van der Waals surface area (Å²) in [4.78, 5) is 14.5. The average molecular weight is 390 g/mol. The third-order valence-electron chi connectivity index (χ3n) is 4.42. The van der Waals surface area contributed by atoms with Crippen molar-refractivity contribution in [2.45, 2.75) is 13.0 Å². The first kappa shape index (κ1) is 17.8. The number of halogens is 1. The zero-order valence-corrected chi connectivity index (χ0v) is 15.8. The maximum Gasteiger partial charge on any atom is 0.254 e. The van der Waals surface area contributed by atoms with Crippen LogP contribution in [0.1, 0.15) is 22.3 Å². The number of carbonyl (C=O) groups is 1. The van der Waals surface area contributed by atoms with Crippen LogP contribution in [0.3, 0.4) is 0 Å². The van der Waals surface area contributed by atoms with E-state index in [4.69, 9.17) is 30.5 Å². The Bertz CT molecular complexity index is 870. The summed E-state index contributed by atoms with van der Waals surface area (Å²) in [5.41, 5.74) is 1.42. The number of rotatable bonds is 3. The lowest BCUT2D eigenvalue weighted by atomic mass is 10.1. The second-order valence-electron chi connectivity index (χ2n) is 6.48. The van der Waals surface area contributed by atoms with Crippen molar-refractivity contribution in [2.24, 2.45) is 0 Å². The lowest BCUT2D eigenvalue weighted by Crippen LogP contribution is -2.26. The number of benzene rings is 2. The van der Waals surface area contributed by atoms with E-state index in [-0.39, 0.29) is 5.91 Å². The molecule has 0 saturated carbocycles. The van der Waals surface area contributed by atoms with E-state index in [9.17, 15) is 4.79 Å². The fourth-order valence-corrected chi connectivity index (χ4v) is 3.37. The molecule has 0 saturated heterocycles. The summed E-state index contributed by atoms with van der Waals surface area (Å²) in [6.07, 6.45) is 0.776. The number of fused-ring (bicyclic) bond motifs is 2. The number of ether oxygens (including phenoxy) is 4. The fourth-order valence-electron chi connectivity index (χ4n) is 3.11. The third-order valence-corrected chi connectivity index (χ3v) is 4.70. The minimum Gasteiger partial charge on any atom is -0.489 e. The second kappa shape index (κ2) is 7.56. The highest BCUT2D eigenvalue weighted by molar-refractivity contribution is 6.32. The van der Waals surface area contributed by atoms with Gasteiger partial charge in [0.05, 0.1) is 18.2 Å². The lowest BCUT2D eigenvalue weighted by Gasteiger charge is -2.21.